The summed E-state index contributed by atoms with van der Waals surface area (Å²) >= 11 is 1.75. The van der Waals surface area contributed by atoms with Crippen molar-refractivity contribution in [3.63, 3.8) is 0 Å². The number of nitrogens with one attached hydrogen (secondary N) is 1. The van der Waals surface area contributed by atoms with E-state index < -0.39 is 0 Å². The molecule has 1 aliphatic rings. The standard InChI is InChI=1S/C22H26N4OS/c1-25(2)17-11-9-16(10-12-17)14-23-21(27)15-26-13-5-7-19(26)22-24-18-6-3-4-8-20(18)28-22/h3-4,6,8-12,19H,5,7,13-15H2,1-2H3,(H,23,27)/t19-/m1/s1. The van der Waals surface area contributed by atoms with Crippen LogP contribution in [0.3, 0.4) is 0 Å². The third-order valence-corrected chi connectivity index (χ3v) is 6.39. The van der Waals surface area contributed by atoms with Gasteiger partial charge >= 0.3 is 0 Å². The highest BCUT2D eigenvalue weighted by atomic mass is 32.1. The molecule has 0 radical (unpaired) electrons. The molecule has 1 aliphatic heterocycles. The summed E-state index contributed by atoms with van der Waals surface area (Å²) in [5.41, 5.74) is 3.33. The maximum atomic E-state index is 12.5. The number of aromatic nitrogens is 1. The fraction of sp³-hybridized carbons (Fsp3) is 0.364. The number of amides is 1. The lowest BCUT2D eigenvalue weighted by atomic mass is 10.2. The smallest absolute Gasteiger partial charge is 0.234 e. The number of nitrogens with zero attached hydrogens (tertiary/aromatic N) is 3. The highest BCUT2D eigenvalue weighted by molar-refractivity contribution is 7.18. The van der Waals surface area contributed by atoms with Crippen molar-refractivity contribution in [3.05, 3.63) is 59.1 Å². The predicted octanol–water partition coefficient (Wildman–Crippen LogP) is 3.82. The number of carbonyl (C=O) groups is 1. The summed E-state index contributed by atoms with van der Waals surface area (Å²) in [7, 11) is 4.05. The molecule has 1 amide bonds. The number of hydrogen-bond donors (Lipinski definition) is 1. The van der Waals surface area contributed by atoms with Gasteiger partial charge in [0.2, 0.25) is 5.91 Å². The Balaban J connectivity index is 1.35. The van der Waals surface area contributed by atoms with E-state index in [4.69, 9.17) is 4.98 Å². The second-order valence-corrected chi connectivity index (χ2v) is 8.55. The number of para-hydroxylation sites is 1. The summed E-state index contributed by atoms with van der Waals surface area (Å²) in [4.78, 5) is 21.7. The number of fused-ring (bicyclic) bond motifs is 1. The molecule has 0 unspecified atom stereocenters. The fourth-order valence-corrected chi connectivity index (χ4v) is 4.82. The quantitative estimate of drug-likeness (QED) is 0.691. The Hall–Kier alpha value is -2.44. The zero-order valence-electron chi connectivity index (χ0n) is 16.4. The first-order valence-electron chi connectivity index (χ1n) is 9.72. The second kappa shape index (κ2) is 8.29. The van der Waals surface area contributed by atoms with Crippen molar-refractivity contribution in [1.29, 1.82) is 0 Å². The van der Waals surface area contributed by atoms with E-state index in [1.807, 2.05) is 20.2 Å². The van der Waals surface area contributed by atoms with Crippen molar-refractivity contribution in [3.8, 4) is 0 Å². The van der Waals surface area contributed by atoms with Gasteiger partial charge in [0.05, 0.1) is 22.8 Å². The Labute approximate surface area is 170 Å². The van der Waals surface area contributed by atoms with Crippen LogP contribution >= 0.6 is 11.3 Å². The molecule has 2 heterocycles. The molecular formula is C22H26N4OS. The minimum absolute atomic E-state index is 0.0738. The van der Waals surface area contributed by atoms with Gasteiger partial charge in [0, 0.05) is 26.3 Å². The molecule has 5 nitrogen and oxygen atoms in total. The predicted molar refractivity (Wildman–Crippen MR) is 116 cm³/mol. The minimum atomic E-state index is 0.0738. The Bertz CT molecular complexity index is 918. The van der Waals surface area contributed by atoms with Gasteiger partial charge in [0.25, 0.3) is 0 Å². The first-order chi connectivity index (χ1) is 13.6. The van der Waals surface area contributed by atoms with Gasteiger partial charge in [-0.25, -0.2) is 4.98 Å². The molecule has 0 saturated carbocycles. The highest BCUT2D eigenvalue weighted by Gasteiger charge is 2.29. The van der Waals surface area contributed by atoms with Gasteiger partial charge in [0.15, 0.2) is 0 Å². The van der Waals surface area contributed by atoms with Crippen LogP contribution < -0.4 is 10.2 Å². The molecule has 0 spiro atoms. The molecule has 1 saturated heterocycles. The molecule has 1 N–H and O–H groups in total. The van der Waals surface area contributed by atoms with Crippen LogP contribution in [-0.4, -0.2) is 43.0 Å². The third-order valence-electron chi connectivity index (χ3n) is 5.25. The van der Waals surface area contributed by atoms with Gasteiger partial charge in [0.1, 0.15) is 5.01 Å². The van der Waals surface area contributed by atoms with Gasteiger partial charge in [-0.1, -0.05) is 24.3 Å². The lowest BCUT2D eigenvalue weighted by Crippen LogP contribution is -2.36. The molecule has 28 heavy (non-hydrogen) atoms. The highest BCUT2D eigenvalue weighted by Crippen LogP contribution is 2.36. The summed E-state index contributed by atoms with van der Waals surface area (Å²) in [6.07, 6.45) is 2.18. The van der Waals surface area contributed by atoms with Gasteiger partial charge in [-0.15, -0.1) is 11.3 Å². The van der Waals surface area contributed by atoms with Gasteiger partial charge in [-0.05, 0) is 49.2 Å². The van der Waals surface area contributed by atoms with E-state index >= 15 is 0 Å². The molecule has 1 aromatic heterocycles. The molecule has 6 heteroatoms. The minimum Gasteiger partial charge on any atom is -0.378 e. The average molecular weight is 395 g/mol. The molecule has 4 rings (SSSR count). The Morgan fingerprint density at radius 1 is 1.21 bits per heavy atom. The van der Waals surface area contributed by atoms with E-state index in [1.165, 1.54) is 4.70 Å². The summed E-state index contributed by atoms with van der Waals surface area (Å²) in [6.45, 7) is 1.94. The molecule has 0 bridgehead atoms. The second-order valence-electron chi connectivity index (χ2n) is 7.49. The number of rotatable bonds is 6. The average Bonchev–Trinajstić information content (AvgIpc) is 3.33. The van der Waals surface area contributed by atoms with Crippen LogP contribution in [0.25, 0.3) is 10.2 Å². The SMILES string of the molecule is CN(C)c1ccc(CNC(=O)CN2CCC[C@@H]2c2nc3ccccc3s2)cc1. The van der Waals surface area contributed by atoms with Crippen molar-refractivity contribution in [2.75, 3.05) is 32.1 Å². The van der Waals surface area contributed by atoms with Crippen LogP contribution in [0.5, 0.6) is 0 Å². The fourth-order valence-electron chi connectivity index (χ4n) is 3.68. The van der Waals surface area contributed by atoms with Crippen molar-refractivity contribution in [2.45, 2.75) is 25.4 Å². The summed E-state index contributed by atoms with van der Waals surface area (Å²) in [5, 5.41) is 4.19. The first kappa shape index (κ1) is 18.9. The normalized spacial score (nSPS) is 17.1. The van der Waals surface area contributed by atoms with Gasteiger partial charge < -0.3 is 10.2 Å². The monoisotopic (exact) mass is 394 g/mol. The largest absolute Gasteiger partial charge is 0.378 e. The van der Waals surface area contributed by atoms with Crippen molar-refractivity contribution in [1.82, 2.24) is 15.2 Å². The lowest BCUT2D eigenvalue weighted by Gasteiger charge is -2.22. The third kappa shape index (κ3) is 4.18. The zero-order chi connectivity index (χ0) is 19.5. The van der Waals surface area contributed by atoms with E-state index in [2.05, 4.69) is 57.6 Å². The van der Waals surface area contributed by atoms with Crippen LogP contribution in [0.2, 0.25) is 0 Å². The van der Waals surface area contributed by atoms with E-state index in [0.29, 0.717) is 13.1 Å². The van der Waals surface area contributed by atoms with Crippen LogP contribution in [0, 0.1) is 0 Å². The van der Waals surface area contributed by atoms with Gasteiger partial charge in [-0.2, -0.15) is 0 Å². The number of likely N-dealkylation sites (tertiary alicyclic amines) is 1. The number of benzene rings is 2. The molecule has 146 valence electrons. The topological polar surface area (TPSA) is 48.5 Å². The number of thiazole rings is 1. The van der Waals surface area contributed by atoms with Crippen LogP contribution in [0.1, 0.15) is 29.5 Å². The maximum Gasteiger partial charge on any atom is 0.234 e. The zero-order valence-corrected chi connectivity index (χ0v) is 17.2. The van der Waals surface area contributed by atoms with E-state index in [0.717, 1.165) is 41.2 Å². The van der Waals surface area contributed by atoms with Crippen LogP contribution in [0.15, 0.2) is 48.5 Å². The maximum absolute atomic E-state index is 12.5. The Morgan fingerprint density at radius 3 is 2.75 bits per heavy atom. The number of hydrogen-bond acceptors (Lipinski definition) is 5. The van der Waals surface area contributed by atoms with Crippen LogP contribution in [0.4, 0.5) is 5.69 Å². The molecule has 1 fully saturated rings. The van der Waals surface area contributed by atoms with E-state index in [-0.39, 0.29) is 11.9 Å². The molecular weight excluding hydrogens is 368 g/mol. The van der Waals surface area contributed by atoms with E-state index in [1.54, 1.807) is 11.3 Å². The van der Waals surface area contributed by atoms with Gasteiger partial charge in [-0.3, -0.25) is 9.69 Å². The summed E-state index contributed by atoms with van der Waals surface area (Å²) in [5.74, 6) is 0.0738. The number of carbonyl (C=O) groups excluding carboxylic acids is 1. The van der Waals surface area contributed by atoms with Crippen molar-refractivity contribution >= 4 is 33.1 Å². The lowest BCUT2D eigenvalue weighted by molar-refractivity contribution is -0.122. The molecule has 0 aliphatic carbocycles. The molecule has 3 aromatic rings. The van der Waals surface area contributed by atoms with Crippen molar-refractivity contribution < 1.29 is 4.79 Å². The summed E-state index contributed by atoms with van der Waals surface area (Å²) < 4.78 is 1.22. The molecule has 2 aromatic carbocycles. The number of anilines is 1. The van der Waals surface area contributed by atoms with Crippen LogP contribution in [-0.2, 0) is 11.3 Å². The van der Waals surface area contributed by atoms with E-state index in [9.17, 15) is 4.79 Å². The Morgan fingerprint density at radius 2 is 2.00 bits per heavy atom. The summed E-state index contributed by atoms with van der Waals surface area (Å²) in [6, 6.07) is 16.8. The molecule has 1 atom stereocenters. The van der Waals surface area contributed by atoms with Crippen molar-refractivity contribution in [2.24, 2.45) is 0 Å². The first-order valence-corrected chi connectivity index (χ1v) is 10.5. The Kier molecular flexibility index (Phi) is 5.59.